The molecule has 0 amide bonds. The predicted octanol–water partition coefficient (Wildman–Crippen LogP) is 2.74. The van der Waals surface area contributed by atoms with Crippen molar-refractivity contribution in [3.8, 4) is 0 Å². The number of alkyl halides is 3. The van der Waals surface area contributed by atoms with Gasteiger partial charge in [0.25, 0.3) is 0 Å². The molecule has 0 aliphatic carbocycles. The van der Waals surface area contributed by atoms with Gasteiger partial charge in [-0.1, -0.05) is 17.7 Å². The van der Waals surface area contributed by atoms with Crippen LogP contribution in [0.25, 0.3) is 0 Å². The smallest absolute Gasteiger partial charge is 0.387 e. The molecular formula is C10H11ClF3NO. The lowest BCUT2D eigenvalue weighted by atomic mass is 9.98. The maximum Gasteiger partial charge on any atom is 0.416 e. The number of halogens is 4. The van der Waals surface area contributed by atoms with Crippen molar-refractivity contribution in [2.75, 3.05) is 0 Å². The van der Waals surface area contributed by atoms with Crippen LogP contribution in [-0.4, -0.2) is 11.1 Å². The van der Waals surface area contributed by atoms with Gasteiger partial charge in [0.05, 0.1) is 11.7 Å². The Bertz CT molecular complexity index is 379. The molecule has 0 saturated carbocycles. The van der Waals surface area contributed by atoms with Gasteiger partial charge in [0.2, 0.25) is 0 Å². The van der Waals surface area contributed by atoms with E-state index in [-0.39, 0.29) is 10.6 Å². The van der Waals surface area contributed by atoms with Gasteiger partial charge in [-0.3, -0.25) is 0 Å². The highest BCUT2D eigenvalue weighted by molar-refractivity contribution is 6.31. The molecule has 16 heavy (non-hydrogen) atoms. The molecular weight excluding hydrogens is 243 g/mol. The Balaban J connectivity index is 3.35. The Kier molecular flexibility index (Phi) is 3.83. The van der Waals surface area contributed by atoms with Crippen LogP contribution >= 0.6 is 11.6 Å². The molecule has 0 radical (unpaired) electrons. The van der Waals surface area contributed by atoms with Gasteiger partial charge < -0.3 is 10.8 Å². The summed E-state index contributed by atoms with van der Waals surface area (Å²) in [5.41, 5.74) is 4.05. The zero-order valence-corrected chi connectivity index (χ0v) is 9.18. The molecule has 0 aliphatic heterocycles. The van der Waals surface area contributed by atoms with E-state index in [0.717, 1.165) is 6.07 Å². The van der Waals surface area contributed by atoms with Crippen molar-refractivity contribution in [3.05, 3.63) is 34.3 Å². The molecule has 1 aromatic rings. The Morgan fingerprint density at radius 3 is 2.38 bits per heavy atom. The van der Waals surface area contributed by atoms with Crippen molar-refractivity contribution in [3.63, 3.8) is 0 Å². The summed E-state index contributed by atoms with van der Waals surface area (Å²) < 4.78 is 37.9. The minimum Gasteiger partial charge on any atom is -0.387 e. The maximum absolute atomic E-state index is 12.6. The highest BCUT2D eigenvalue weighted by Gasteiger charge is 2.36. The number of rotatable bonds is 2. The molecule has 6 heteroatoms. The molecule has 90 valence electrons. The van der Waals surface area contributed by atoms with E-state index < -0.39 is 23.9 Å². The van der Waals surface area contributed by atoms with Crippen molar-refractivity contribution in [2.24, 2.45) is 5.73 Å². The number of aliphatic hydroxyl groups excluding tert-OH is 1. The van der Waals surface area contributed by atoms with Crippen LogP contribution in [-0.2, 0) is 6.18 Å². The lowest BCUT2D eigenvalue weighted by Gasteiger charge is -2.21. The van der Waals surface area contributed by atoms with Crippen molar-refractivity contribution >= 4 is 11.6 Å². The number of hydrogen-bond donors (Lipinski definition) is 2. The zero-order valence-electron chi connectivity index (χ0n) is 8.42. The topological polar surface area (TPSA) is 46.2 Å². The van der Waals surface area contributed by atoms with Crippen molar-refractivity contribution in [1.82, 2.24) is 0 Å². The summed E-state index contributed by atoms with van der Waals surface area (Å²) in [5.74, 6) is 0. The number of aliphatic hydroxyl groups is 1. The molecule has 0 saturated heterocycles. The van der Waals surface area contributed by atoms with Crippen LogP contribution in [0.2, 0.25) is 5.02 Å². The first-order valence-electron chi connectivity index (χ1n) is 4.54. The highest BCUT2D eigenvalue weighted by Crippen LogP contribution is 2.38. The molecule has 0 bridgehead atoms. The van der Waals surface area contributed by atoms with E-state index >= 15 is 0 Å². The van der Waals surface area contributed by atoms with Gasteiger partial charge in [0, 0.05) is 16.6 Å². The maximum atomic E-state index is 12.6. The van der Waals surface area contributed by atoms with Gasteiger partial charge in [-0.25, -0.2) is 0 Å². The molecule has 2 atom stereocenters. The van der Waals surface area contributed by atoms with Gasteiger partial charge in [0.1, 0.15) is 0 Å². The zero-order chi connectivity index (χ0) is 12.5. The van der Waals surface area contributed by atoms with E-state index in [9.17, 15) is 18.3 Å². The molecule has 1 rings (SSSR count). The number of nitrogens with two attached hydrogens (primary N) is 1. The third-order valence-corrected chi connectivity index (χ3v) is 2.48. The van der Waals surface area contributed by atoms with Crippen molar-refractivity contribution in [1.29, 1.82) is 0 Å². The van der Waals surface area contributed by atoms with Crippen LogP contribution in [0.15, 0.2) is 18.2 Å². The van der Waals surface area contributed by atoms with E-state index in [2.05, 4.69) is 0 Å². The third-order valence-electron chi connectivity index (χ3n) is 2.15. The SMILES string of the molecule is CC(N)C(O)c1c(Cl)cccc1C(F)(F)F. The summed E-state index contributed by atoms with van der Waals surface area (Å²) in [6.45, 7) is 1.41. The number of hydrogen-bond acceptors (Lipinski definition) is 2. The Labute approximate surface area is 95.8 Å². The second-order valence-corrected chi connectivity index (χ2v) is 3.91. The Morgan fingerprint density at radius 1 is 1.38 bits per heavy atom. The number of benzene rings is 1. The van der Waals surface area contributed by atoms with E-state index in [1.807, 2.05) is 0 Å². The first kappa shape index (κ1) is 13.3. The Hall–Kier alpha value is -0.780. The van der Waals surface area contributed by atoms with E-state index in [0.29, 0.717) is 0 Å². The van der Waals surface area contributed by atoms with Gasteiger partial charge >= 0.3 is 6.18 Å². The lowest BCUT2D eigenvalue weighted by Crippen LogP contribution is -2.27. The van der Waals surface area contributed by atoms with Crippen molar-refractivity contribution in [2.45, 2.75) is 25.2 Å². The highest BCUT2D eigenvalue weighted by atomic mass is 35.5. The van der Waals surface area contributed by atoms with Crippen LogP contribution in [0.1, 0.15) is 24.2 Å². The fourth-order valence-electron chi connectivity index (χ4n) is 1.35. The summed E-state index contributed by atoms with van der Waals surface area (Å²) in [6.07, 6.45) is -6.00. The summed E-state index contributed by atoms with van der Waals surface area (Å²) in [4.78, 5) is 0. The predicted molar refractivity (Wildman–Crippen MR) is 55.1 cm³/mol. The molecule has 2 nitrogen and oxygen atoms in total. The second kappa shape index (κ2) is 4.61. The summed E-state index contributed by atoms with van der Waals surface area (Å²) in [5, 5.41) is 9.47. The fourth-order valence-corrected chi connectivity index (χ4v) is 1.63. The average Bonchev–Trinajstić information content (AvgIpc) is 2.14. The van der Waals surface area contributed by atoms with Gasteiger partial charge in [-0.05, 0) is 19.1 Å². The standard InChI is InChI=1S/C10H11ClF3NO/c1-5(15)9(16)8-6(10(12,13)14)3-2-4-7(8)11/h2-5,9,16H,15H2,1H3. The largest absolute Gasteiger partial charge is 0.416 e. The summed E-state index contributed by atoms with van der Waals surface area (Å²) in [7, 11) is 0. The van der Waals surface area contributed by atoms with Gasteiger partial charge in [-0.2, -0.15) is 13.2 Å². The lowest BCUT2D eigenvalue weighted by molar-refractivity contribution is -0.139. The molecule has 3 N–H and O–H groups in total. The minimum atomic E-state index is -4.56. The van der Waals surface area contributed by atoms with Crippen LogP contribution in [0.5, 0.6) is 0 Å². The molecule has 0 aromatic heterocycles. The van der Waals surface area contributed by atoms with E-state index in [1.165, 1.54) is 19.1 Å². The second-order valence-electron chi connectivity index (χ2n) is 3.50. The average molecular weight is 254 g/mol. The minimum absolute atomic E-state index is 0.139. The van der Waals surface area contributed by atoms with Gasteiger partial charge in [-0.15, -0.1) is 0 Å². The van der Waals surface area contributed by atoms with Crippen molar-refractivity contribution < 1.29 is 18.3 Å². The van der Waals surface area contributed by atoms with Crippen LogP contribution in [0, 0.1) is 0 Å². The van der Waals surface area contributed by atoms with E-state index in [4.69, 9.17) is 17.3 Å². The third kappa shape index (κ3) is 2.66. The first-order chi connectivity index (χ1) is 7.25. The monoisotopic (exact) mass is 253 g/mol. The molecule has 2 unspecified atom stereocenters. The Morgan fingerprint density at radius 2 is 1.94 bits per heavy atom. The van der Waals surface area contributed by atoms with Gasteiger partial charge in [0.15, 0.2) is 0 Å². The molecule has 0 heterocycles. The summed E-state index contributed by atoms with van der Waals surface area (Å²) >= 11 is 5.66. The van der Waals surface area contributed by atoms with Crippen LogP contribution in [0.3, 0.4) is 0 Å². The molecule has 0 aliphatic rings. The quantitative estimate of drug-likeness (QED) is 0.851. The molecule has 0 spiro atoms. The molecule has 1 aromatic carbocycles. The normalized spacial score (nSPS) is 15.9. The fraction of sp³-hybridized carbons (Fsp3) is 0.400. The first-order valence-corrected chi connectivity index (χ1v) is 4.92. The summed E-state index contributed by atoms with van der Waals surface area (Å²) in [6, 6.07) is 2.51. The van der Waals surface area contributed by atoms with E-state index in [1.54, 1.807) is 0 Å². The van der Waals surface area contributed by atoms with Crippen LogP contribution < -0.4 is 5.73 Å². The van der Waals surface area contributed by atoms with Crippen LogP contribution in [0.4, 0.5) is 13.2 Å². The molecule has 0 fully saturated rings.